The molecule has 0 saturated carbocycles. The lowest BCUT2D eigenvalue weighted by molar-refractivity contribution is -0.142. The second-order valence-electron chi connectivity index (χ2n) is 5.65. The maximum absolute atomic E-state index is 12.0. The number of esters is 1. The van der Waals surface area contributed by atoms with E-state index in [9.17, 15) is 14.9 Å². The first-order valence-corrected chi connectivity index (χ1v) is 7.91. The molecular formula is C20H19N3O3. The van der Waals surface area contributed by atoms with Crippen LogP contribution in [0, 0.1) is 11.3 Å². The average molecular weight is 349 g/mol. The van der Waals surface area contributed by atoms with Gasteiger partial charge in [-0.15, -0.1) is 0 Å². The molecule has 0 saturated heterocycles. The standard InChI is InChI=1S/C20H19N3O3/c1-23(2)18-10-8-15(9-11-18)12-16(13-21)20(25)26-14-19(24)22-17-6-4-3-5-7-17/h3-12H,14H2,1-2H3,(H,22,24)/b16-12+. The van der Waals surface area contributed by atoms with Gasteiger partial charge in [0.15, 0.2) is 6.61 Å². The van der Waals surface area contributed by atoms with Crippen LogP contribution in [-0.2, 0) is 14.3 Å². The second-order valence-corrected chi connectivity index (χ2v) is 5.65. The summed E-state index contributed by atoms with van der Waals surface area (Å²) >= 11 is 0. The molecule has 0 bridgehead atoms. The smallest absolute Gasteiger partial charge is 0.349 e. The fourth-order valence-corrected chi connectivity index (χ4v) is 2.10. The van der Waals surface area contributed by atoms with Crippen LogP contribution in [0.4, 0.5) is 11.4 Å². The highest BCUT2D eigenvalue weighted by atomic mass is 16.5. The van der Waals surface area contributed by atoms with Crippen LogP contribution < -0.4 is 10.2 Å². The molecule has 2 aromatic rings. The summed E-state index contributed by atoms with van der Waals surface area (Å²) < 4.78 is 4.91. The number of para-hydroxylation sites is 1. The lowest BCUT2D eigenvalue weighted by Gasteiger charge is -2.11. The highest BCUT2D eigenvalue weighted by Gasteiger charge is 2.13. The van der Waals surface area contributed by atoms with Crippen molar-refractivity contribution < 1.29 is 14.3 Å². The molecule has 1 N–H and O–H groups in total. The molecule has 6 nitrogen and oxygen atoms in total. The number of rotatable bonds is 6. The van der Waals surface area contributed by atoms with Crippen LogP contribution in [0.25, 0.3) is 6.08 Å². The van der Waals surface area contributed by atoms with Gasteiger partial charge in [-0.2, -0.15) is 5.26 Å². The van der Waals surface area contributed by atoms with Crippen molar-refractivity contribution in [2.75, 3.05) is 30.9 Å². The topological polar surface area (TPSA) is 82.4 Å². The summed E-state index contributed by atoms with van der Waals surface area (Å²) in [4.78, 5) is 25.7. The molecule has 2 aromatic carbocycles. The Morgan fingerprint density at radius 2 is 1.77 bits per heavy atom. The zero-order chi connectivity index (χ0) is 18.9. The Labute approximate surface area is 152 Å². The lowest BCUT2D eigenvalue weighted by atomic mass is 10.1. The lowest BCUT2D eigenvalue weighted by Crippen LogP contribution is -2.21. The quantitative estimate of drug-likeness (QED) is 0.493. The Balaban J connectivity index is 1.95. The molecule has 0 heterocycles. The predicted octanol–water partition coefficient (Wildman–Crippen LogP) is 2.84. The van der Waals surface area contributed by atoms with E-state index in [-0.39, 0.29) is 5.57 Å². The fraction of sp³-hybridized carbons (Fsp3) is 0.150. The van der Waals surface area contributed by atoms with Crippen molar-refractivity contribution in [3.63, 3.8) is 0 Å². The number of carbonyl (C=O) groups is 2. The molecule has 0 aliphatic heterocycles. The van der Waals surface area contributed by atoms with Crippen LogP contribution in [0.1, 0.15) is 5.56 Å². The van der Waals surface area contributed by atoms with Gasteiger partial charge in [-0.25, -0.2) is 4.79 Å². The van der Waals surface area contributed by atoms with Gasteiger partial charge < -0.3 is 15.0 Å². The first kappa shape index (κ1) is 18.7. The summed E-state index contributed by atoms with van der Waals surface area (Å²) in [5.74, 6) is -1.32. The third-order valence-electron chi connectivity index (χ3n) is 3.45. The van der Waals surface area contributed by atoms with Gasteiger partial charge in [-0.05, 0) is 35.9 Å². The van der Waals surface area contributed by atoms with E-state index >= 15 is 0 Å². The molecule has 1 amide bonds. The van der Waals surface area contributed by atoms with E-state index in [0.29, 0.717) is 11.3 Å². The molecule has 0 aromatic heterocycles. The van der Waals surface area contributed by atoms with Crippen molar-refractivity contribution >= 4 is 29.3 Å². The average Bonchev–Trinajstić information content (AvgIpc) is 2.65. The van der Waals surface area contributed by atoms with Gasteiger partial charge in [0.2, 0.25) is 0 Å². The van der Waals surface area contributed by atoms with Gasteiger partial charge in [-0.3, -0.25) is 4.79 Å². The molecule has 0 radical (unpaired) electrons. The number of nitriles is 1. The van der Waals surface area contributed by atoms with Crippen LogP contribution in [0.3, 0.4) is 0 Å². The Hall–Kier alpha value is -3.59. The molecule has 6 heteroatoms. The molecule has 0 atom stereocenters. The second kappa shape index (κ2) is 9.04. The van der Waals surface area contributed by atoms with Gasteiger partial charge >= 0.3 is 5.97 Å². The zero-order valence-corrected chi connectivity index (χ0v) is 14.6. The van der Waals surface area contributed by atoms with E-state index in [1.807, 2.05) is 37.2 Å². The molecule has 0 fully saturated rings. The van der Waals surface area contributed by atoms with Crippen LogP contribution in [0.5, 0.6) is 0 Å². The fourth-order valence-electron chi connectivity index (χ4n) is 2.10. The van der Waals surface area contributed by atoms with Crippen LogP contribution >= 0.6 is 0 Å². The number of hydrogen-bond acceptors (Lipinski definition) is 5. The van der Waals surface area contributed by atoms with E-state index in [0.717, 1.165) is 5.69 Å². The largest absolute Gasteiger partial charge is 0.451 e. The summed E-state index contributed by atoms with van der Waals surface area (Å²) in [6.07, 6.45) is 1.43. The zero-order valence-electron chi connectivity index (χ0n) is 14.6. The van der Waals surface area contributed by atoms with Crippen molar-refractivity contribution in [1.29, 1.82) is 5.26 Å². The first-order chi connectivity index (χ1) is 12.5. The Morgan fingerprint density at radius 1 is 1.12 bits per heavy atom. The SMILES string of the molecule is CN(C)c1ccc(/C=C(\C#N)C(=O)OCC(=O)Nc2ccccc2)cc1. The Morgan fingerprint density at radius 3 is 2.35 bits per heavy atom. The summed E-state index contributed by atoms with van der Waals surface area (Å²) in [5.41, 5.74) is 2.12. The van der Waals surface area contributed by atoms with Crippen LogP contribution in [0.2, 0.25) is 0 Å². The molecule has 0 spiro atoms. The van der Waals surface area contributed by atoms with Crippen molar-refractivity contribution in [2.24, 2.45) is 0 Å². The summed E-state index contributed by atoms with van der Waals surface area (Å²) in [6.45, 7) is -0.466. The Kier molecular flexibility index (Phi) is 6.52. The number of amides is 1. The molecule has 26 heavy (non-hydrogen) atoms. The summed E-state index contributed by atoms with van der Waals surface area (Å²) in [5, 5.41) is 11.8. The van der Waals surface area contributed by atoms with E-state index in [1.165, 1.54) is 6.08 Å². The van der Waals surface area contributed by atoms with E-state index in [4.69, 9.17) is 4.74 Å². The van der Waals surface area contributed by atoms with E-state index in [1.54, 1.807) is 42.5 Å². The van der Waals surface area contributed by atoms with E-state index in [2.05, 4.69) is 5.32 Å². The first-order valence-electron chi connectivity index (χ1n) is 7.91. The minimum Gasteiger partial charge on any atom is -0.451 e. The third-order valence-corrected chi connectivity index (χ3v) is 3.45. The van der Waals surface area contributed by atoms with E-state index < -0.39 is 18.5 Å². The third kappa shape index (κ3) is 5.49. The molecule has 0 aliphatic carbocycles. The van der Waals surface area contributed by atoms with Crippen molar-refractivity contribution in [1.82, 2.24) is 0 Å². The number of nitrogens with one attached hydrogen (secondary N) is 1. The van der Waals surface area contributed by atoms with Crippen molar-refractivity contribution in [2.45, 2.75) is 0 Å². The molecule has 2 rings (SSSR count). The number of anilines is 2. The molecule has 0 aliphatic rings. The Bertz CT molecular complexity index is 835. The van der Waals surface area contributed by atoms with Gasteiger partial charge in [0.1, 0.15) is 11.6 Å². The predicted molar refractivity (Wildman–Crippen MR) is 100 cm³/mol. The number of carbonyl (C=O) groups excluding carboxylic acids is 2. The van der Waals surface area contributed by atoms with Gasteiger partial charge in [0, 0.05) is 25.5 Å². The van der Waals surface area contributed by atoms with Gasteiger partial charge in [-0.1, -0.05) is 30.3 Å². The maximum Gasteiger partial charge on any atom is 0.349 e. The number of benzene rings is 2. The maximum atomic E-state index is 12.0. The van der Waals surface area contributed by atoms with Gasteiger partial charge in [0.25, 0.3) is 5.91 Å². The molecule has 0 unspecified atom stereocenters. The monoisotopic (exact) mass is 349 g/mol. The van der Waals surface area contributed by atoms with Crippen LogP contribution in [0.15, 0.2) is 60.2 Å². The van der Waals surface area contributed by atoms with Crippen LogP contribution in [-0.4, -0.2) is 32.6 Å². The normalized spacial score (nSPS) is 10.6. The highest BCUT2D eigenvalue weighted by molar-refractivity contribution is 6.00. The van der Waals surface area contributed by atoms with Crippen molar-refractivity contribution in [3.8, 4) is 6.07 Å². The summed E-state index contributed by atoms with van der Waals surface area (Å²) in [7, 11) is 3.84. The minimum absolute atomic E-state index is 0.171. The minimum atomic E-state index is -0.840. The molecular weight excluding hydrogens is 330 g/mol. The summed E-state index contributed by atoms with van der Waals surface area (Å²) in [6, 6.07) is 18.0. The highest BCUT2D eigenvalue weighted by Crippen LogP contribution is 2.15. The molecule has 132 valence electrons. The van der Waals surface area contributed by atoms with Crippen molar-refractivity contribution in [3.05, 3.63) is 65.7 Å². The number of ether oxygens (including phenoxy) is 1. The number of nitrogens with zero attached hydrogens (tertiary/aromatic N) is 2. The number of hydrogen-bond donors (Lipinski definition) is 1. The van der Waals surface area contributed by atoms with Gasteiger partial charge in [0.05, 0.1) is 0 Å².